The molecule has 1 saturated carbocycles. The molecule has 0 spiro atoms. The van der Waals surface area contributed by atoms with Crippen LogP contribution in [-0.2, 0) is 10.9 Å². The lowest BCUT2D eigenvalue weighted by Gasteiger charge is -2.43. The van der Waals surface area contributed by atoms with Gasteiger partial charge in [0.1, 0.15) is 5.56 Å². The molecular weight excluding hydrogens is 437 g/mol. The fourth-order valence-electron chi connectivity index (χ4n) is 4.43. The second-order valence-electron chi connectivity index (χ2n) is 8.56. The van der Waals surface area contributed by atoms with E-state index in [2.05, 4.69) is 28.4 Å². The van der Waals surface area contributed by atoms with Crippen LogP contribution in [0, 0.1) is 17.2 Å². The van der Waals surface area contributed by atoms with Gasteiger partial charge >= 0.3 is 6.18 Å². The first-order chi connectivity index (χ1) is 15.7. The van der Waals surface area contributed by atoms with Gasteiger partial charge in [0.15, 0.2) is 5.82 Å². The van der Waals surface area contributed by atoms with Gasteiger partial charge in [0.05, 0.1) is 42.8 Å². The minimum Gasteiger partial charge on any atom is -0.378 e. The molecule has 176 valence electrons. The van der Waals surface area contributed by atoms with Gasteiger partial charge in [-0.05, 0) is 50.6 Å². The lowest BCUT2D eigenvalue weighted by molar-refractivity contribution is -0.137. The van der Waals surface area contributed by atoms with E-state index >= 15 is 0 Å². The number of nitriles is 1. The predicted molar refractivity (Wildman–Crippen MR) is 114 cm³/mol. The van der Waals surface area contributed by atoms with Crippen LogP contribution in [0.5, 0.6) is 0 Å². The third-order valence-corrected chi connectivity index (χ3v) is 6.54. The normalized spacial score (nSPS) is 23.7. The predicted octanol–water partition coefficient (Wildman–Crippen LogP) is 3.31. The molecule has 1 aromatic carbocycles. The largest absolute Gasteiger partial charge is 0.416 e. The molecule has 33 heavy (non-hydrogen) atoms. The summed E-state index contributed by atoms with van der Waals surface area (Å²) in [6.07, 6.45) is -0.706. The molecule has 2 aliphatic rings. The van der Waals surface area contributed by atoms with Crippen LogP contribution in [0.25, 0.3) is 0 Å². The Morgan fingerprint density at radius 3 is 2.52 bits per heavy atom. The van der Waals surface area contributed by atoms with E-state index in [4.69, 9.17) is 10.5 Å². The minimum absolute atomic E-state index is 0.109. The van der Waals surface area contributed by atoms with Crippen molar-refractivity contribution in [3.63, 3.8) is 0 Å². The zero-order valence-electron chi connectivity index (χ0n) is 18.0. The van der Waals surface area contributed by atoms with E-state index in [1.54, 1.807) is 4.68 Å². The maximum atomic E-state index is 12.8. The van der Waals surface area contributed by atoms with Crippen molar-refractivity contribution >= 4 is 17.4 Å². The van der Waals surface area contributed by atoms with E-state index in [0.717, 1.165) is 18.6 Å². The van der Waals surface area contributed by atoms with Gasteiger partial charge in [0.25, 0.3) is 5.91 Å². The Morgan fingerprint density at radius 2 is 1.97 bits per heavy atom. The smallest absolute Gasteiger partial charge is 0.378 e. The van der Waals surface area contributed by atoms with E-state index in [-0.39, 0.29) is 29.4 Å². The van der Waals surface area contributed by atoms with Crippen LogP contribution in [0.1, 0.15) is 41.2 Å². The van der Waals surface area contributed by atoms with Gasteiger partial charge in [-0.1, -0.05) is 0 Å². The van der Waals surface area contributed by atoms with E-state index in [1.807, 2.05) is 0 Å². The zero-order valence-corrected chi connectivity index (χ0v) is 18.0. The second-order valence-corrected chi connectivity index (χ2v) is 8.56. The molecule has 0 bridgehead atoms. The summed E-state index contributed by atoms with van der Waals surface area (Å²) in [6.45, 7) is 1.40. The number of nitrogens with two attached hydrogens (primary N) is 1. The highest BCUT2D eigenvalue weighted by molar-refractivity contribution is 5.98. The number of anilines is 2. The summed E-state index contributed by atoms with van der Waals surface area (Å²) in [6, 6.07) is 7.18. The molecule has 1 unspecified atom stereocenters. The average molecular weight is 462 g/mol. The molecule has 3 atom stereocenters. The molecule has 4 rings (SSSR count). The number of alkyl halides is 3. The zero-order chi connectivity index (χ0) is 23.8. The van der Waals surface area contributed by atoms with Crippen molar-refractivity contribution in [2.24, 2.45) is 11.7 Å². The third kappa shape index (κ3) is 4.82. The van der Waals surface area contributed by atoms with Gasteiger partial charge in [-0.25, -0.2) is 0 Å². The van der Waals surface area contributed by atoms with Gasteiger partial charge in [0, 0.05) is 17.9 Å². The fraction of sp³-hybridized carbons (Fsp3) is 0.500. The van der Waals surface area contributed by atoms with Crippen molar-refractivity contribution in [3.05, 3.63) is 41.6 Å². The number of hydrogen-bond donors (Lipinski definition) is 2. The summed E-state index contributed by atoms with van der Waals surface area (Å²) < 4.78 is 45.3. The molecule has 1 saturated heterocycles. The first-order valence-electron chi connectivity index (χ1n) is 10.7. The van der Waals surface area contributed by atoms with E-state index in [1.165, 1.54) is 18.3 Å². The fourth-order valence-corrected chi connectivity index (χ4v) is 4.43. The van der Waals surface area contributed by atoms with Crippen molar-refractivity contribution in [2.45, 2.75) is 43.6 Å². The van der Waals surface area contributed by atoms with Crippen LogP contribution < -0.4 is 11.1 Å². The number of halogens is 3. The number of likely N-dealkylation sites (N-methyl/N-ethyl adjacent to an activating group) is 1. The minimum atomic E-state index is -4.44. The van der Waals surface area contributed by atoms with Crippen LogP contribution in [0.15, 0.2) is 30.5 Å². The molecule has 0 radical (unpaired) electrons. The Bertz CT molecular complexity index is 1040. The van der Waals surface area contributed by atoms with Gasteiger partial charge < -0.3 is 15.8 Å². The highest BCUT2D eigenvalue weighted by Gasteiger charge is 2.38. The third-order valence-electron chi connectivity index (χ3n) is 6.54. The number of carbonyl (C=O) groups is 1. The Hall–Kier alpha value is -3.10. The van der Waals surface area contributed by atoms with Crippen LogP contribution >= 0.6 is 0 Å². The number of aromatic nitrogens is 2. The SMILES string of the molecule is CN(C1COC1)[C@H]1CC[C@@H](n2cc(C(N)=O)c(Nc3ccc(C(F)(F)F)cc3)n2)C(C#N)C1. The number of amides is 1. The van der Waals surface area contributed by atoms with Crippen molar-refractivity contribution in [3.8, 4) is 6.07 Å². The summed E-state index contributed by atoms with van der Waals surface area (Å²) in [7, 11) is 2.05. The van der Waals surface area contributed by atoms with Crippen molar-refractivity contribution < 1.29 is 22.7 Å². The summed E-state index contributed by atoms with van der Waals surface area (Å²) in [5.41, 5.74) is 5.18. The molecule has 2 aromatic rings. The lowest BCUT2D eigenvalue weighted by atomic mass is 9.81. The van der Waals surface area contributed by atoms with Crippen molar-refractivity contribution in [1.29, 1.82) is 5.26 Å². The number of carbonyl (C=O) groups excluding carboxylic acids is 1. The van der Waals surface area contributed by atoms with Crippen LogP contribution in [0.3, 0.4) is 0 Å². The number of rotatable bonds is 6. The Labute approximate surface area is 189 Å². The topological polar surface area (TPSA) is 109 Å². The first kappa shape index (κ1) is 23.1. The number of benzene rings is 1. The summed E-state index contributed by atoms with van der Waals surface area (Å²) in [5, 5.41) is 17.1. The summed E-state index contributed by atoms with van der Waals surface area (Å²) in [5.74, 6) is -0.890. The van der Waals surface area contributed by atoms with Crippen molar-refractivity contribution in [1.82, 2.24) is 14.7 Å². The standard InChI is InChI=1S/C22H25F3N6O2/c1-30(17-11-33-12-17)16-6-7-19(13(8-16)9-26)31-10-18(20(27)32)21(29-31)28-15-4-2-14(3-5-15)22(23,24)25/h2-5,10,13,16-17,19H,6-8,11-12H2,1H3,(H2,27,32)(H,28,29)/t13?,16-,19+/m0/s1. The number of nitrogens with one attached hydrogen (secondary N) is 1. The average Bonchev–Trinajstić information content (AvgIpc) is 3.15. The Morgan fingerprint density at radius 1 is 1.27 bits per heavy atom. The molecule has 1 aliphatic carbocycles. The molecule has 11 heteroatoms. The summed E-state index contributed by atoms with van der Waals surface area (Å²) >= 11 is 0. The molecule has 3 N–H and O–H groups in total. The van der Waals surface area contributed by atoms with Crippen LogP contribution in [0.4, 0.5) is 24.7 Å². The molecule has 2 heterocycles. The highest BCUT2D eigenvalue weighted by atomic mass is 19.4. The van der Waals surface area contributed by atoms with E-state index in [0.29, 0.717) is 37.8 Å². The quantitative estimate of drug-likeness (QED) is 0.682. The molecule has 1 amide bonds. The molecule has 1 aliphatic heterocycles. The summed E-state index contributed by atoms with van der Waals surface area (Å²) in [4.78, 5) is 14.3. The van der Waals surface area contributed by atoms with Gasteiger partial charge in [-0.2, -0.15) is 23.5 Å². The number of primary amides is 1. The van der Waals surface area contributed by atoms with Gasteiger partial charge in [-0.15, -0.1) is 0 Å². The number of ether oxygens (including phenoxy) is 1. The number of hydrogen-bond acceptors (Lipinski definition) is 6. The maximum absolute atomic E-state index is 12.8. The van der Waals surface area contributed by atoms with E-state index < -0.39 is 17.6 Å². The van der Waals surface area contributed by atoms with Crippen molar-refractivity contribution in [2.75, 3.05) is 25.6 Å². The monoisotopic (exact) mass is 462 g/mol. The van der Waals surface area contributed by atoms with Gasteiger partial charge in [-0.3, -0.25) is 14.4 Å². The lowest BCUT2D eigenvalue weighted by Crippen LogP contribution is -2.53. The first-order valence-corrected chi connectivity index (χ1v) is 10.7. The Kier molecular flexibility index (Phi) is 6.32. The van der Waals surface area contributed by atoms with Crippen LogP contribution in [-0.4, -0.2) is 52.9 Å². The highest BCUT2D eigenvalue weighted by Crippen LogP contribution is 2.37. The number of nitrogens with zero attached hydrogens (tertiary/aromatic N) is 4. The second kappa shape index (κ2) is 9.03. The Balaban J connectivity index is 1.52. The van der Waals surface area contributed by atoms with Crippen LogP contribution in [0.2, 0.25) is 0 Å². The maximum Gasteiger partial charge on any atom is 0.416 e. The molecule has 8 nitrogen and oxygen atoms in total. The molecular formula is C22H25F3N6O2. The molecule has 2 fully saturated rings. The molecule has 1 aromatic heterocycles. The van der Waals surface area contributed by atoms with E-state index in [9.17, 15) is 23.2 Å². The van der Waals surface area contributed by atoms with Gasteiger partial charge in [0.2, 0.25) is 0 Å².